The zero-order valence-corrected chi connectivity index (χ0v) is 12.0. The molecule has 4 rings (SSSR count). The van der Waals surface area contributed by atoms with Crippen molar-refractivity contribution >= 4 is 0 Å². The minimum absolute atomic E-state index is 0.560. The van der Waals surface area contributed by atoms with Crippen molar-refractivity contribution in [2.45, 2.75) is 31.7 Å². The molecule has 1 nitrogen and oxygen atoms in total. The number of fused-ring (bicyclic) bond motifs is 3. The molecule has 1 aliphatic carbocycles. The summed E-state index contributed by atoms with van der Waals surface area (Å²) in [7, 11) is 0. The van der Waals surface area contributed by atoms with Crippen LogP contribution < -0.4 is 5.32 Å². The second kappa shape index (κ2) is 4.75. The number of nitrogens with one attached hydrogen (secondary N) is 1. The van der Waals surface area contributed by atoms with Gasteiger partial charge in [-0.1, -0.05) is 48.5 Å². The molecule has 1 aliphatic heterocycles. The Morgan fingerprint density at radius 3 is 2.40 bits per heavy atom. The lowest BCUT2D eigenvalue weighted by Crippen LogP contribution is -2.33. The molecule has 1 heteroatoms. The maximum absolute atomic E-state index is 3.76. The van der Waals surface area contributed by atoms with Crippen LogP contribution in [0.25, 0.3) is 0 Å². The molecule has 2 aromatic rings. The van der Waals surface area contributed by atoms with E-state index in [-0.39, 0.29) is 0 Å². The van der Waals surface area contributed by atoms with Gasteiger partial charge in [-0.3, -0.25) is 0 Å². The molecule has 1 fully saturated rings. The minimum atomic E-state index is 0.560. The topological polar surface area (TPSA) is 12.0 Å². The highest BCUT2D eigenvalue weighted by Gasteiger charge is 2.42. The van der Waals surface area contributed by atoms with E-state index in [1.54, 1.807) is 5.56 Å². The lowest BCUT2D eigenvalue weighted by molar-refractivity contribution is 0.286. The predicted octanol–water partition coefficient (Wildman–Crippen LogP) is 4.18. The van der Waals surface area contributed by atoms with Gasteiger partial charge in [-0.05, 0) is 54.5 Å². The zero-order chi connectivity index (χ0) is 13.5. The van der Waals surface area contributed by atoms with Gasteiger partial charge in [0.25, 0.3) is 0 Å². The van der Waals surface area contributed by atoms with E-state index in [2.05, 4.69) is 60.8 Å². The third-order valence-electron chi connectivity index (χ3n) is 5.12. The molecule has 0 aromatic heterocycles. The third kappa shape index (κ3) is 1.73. The van der Waals surface area contributed by atoms with Crippen molar-refractivity contribution in [2.24, 2.45) is 5.92 Å². The number of benzene rings is 2. The van der Waals surface area contributed by atoms with Crippen LogP contribution in [0.4, 0.5) is 0 Å². The Kier molecular flexibility index (Phi) is 2.89. The largest absolute Gasteiger partial charge is 0.310 e. The lowest BCUT2D eigenvalue weighted by Gasteiger charge is -2.31. The summed E-state index contributed by atoms with van der Waals surface area (Å²) >= 11 is 0. The molecule has 0 bridgehead atoms. The Balaban J connectivity index is 1.88. The van der Waals surface area contributed by atoms with E-state index in [9.17, 15) is 0 Å². The maximum atomic E-state index is 3.76. The van der Waals surface area contributed by atoms with Gasteiger partial charge in [0, 0.05) is 12.0 Å². The molecule has 20 heavy (non-hydrogen) atoms. The highest BCUT2D eigenvalue weighted by Crippen LogP contribution is 2.52. The van der Waals surface area contributed by atoms with E-state index < -0.39 is 0 Å². The van der Waals surface area contributed by atoms with Crippen LogP contribution in [0.2, 0.25) is 0 Å². The van der Waals surface area contributed by atoms with Gasteiger partial charge < -0.3 is 5.32 Å². The number of rotatable bonds is 1. The molecule has 102 valence electrons. The Morgan fingerprint density at radius 1 is 0.900 bits per heavy atom. The van der Waals surface area contributed by atoms with Crippen LogP contribution >= 0.6 is 0 Å². The Hall–Kier alpha value is -1.60. The van der Waals surface area contributed by atoms with Crippen molar-refractivity contribution in [3.63, 3.8) is 0 Å². The second-order valence-corrected chi connectivity index (χ2v) is 6.20. The van der Waals surface area contributed by atoms with Gasteiger partial charge >= 0.3 is 0 Å². The molecular weight excluding hydrogens is 242 g/mol. The molecule has 0 saturated carbocycles. The molecule has 2 aliphatic rings. The standard InChI is InChI=1S/C19H21N/c1-13-7-2-3-8-14(13)18-15-9-4-5-10-16(15)19-17(18)11-6-12-20-19/h2-5,7-10,17-20H,6,11-12H2,1H3/t17-,18-,19+/m0/s1. The van der Waals surface area contributed by atoms with Crippen LogP contribution in [-0.2, 0) is 0 Å². The van der Waals surface area contributed by atoms with E-state index in [0.29, 0.717) is 12.0 Å². The molecule has 1 heterocycles. The number of hydrogen-bond acceptors (Lipinski definition) is 1. The molecule has 1 saturated heterocycles. The van der Waals surface area contributed by atoms with Crippen molar-refractivity contribution in [3.05, 3.63) is 70.8 Å². The lowest BCUT2D eigenvalue weighted by atomic mass is 9.79. The summed E-state index contributed by atoms with van der Waals surface area (Å²) in [5, 5.41) is 3.76. The summed E-state index contributed by atoms with van der Waals surface area (Å²) in [6.07, 6.45) is 2.64. The monoisotopic (exact) mass is 263 g/mol. The molecule has 2 aromatic carbocycles. The molecule has 1 N–H and O–H groups in total. The summed E-state index contributed by atoms with van der Waals surface area (Å²) in [5.41, 5.74) is 6.03. The summed E-state index contributed by atoms with van der Waals surface area (Å²) in [6.45, 7) is 3.41. The molecule has 0 unspecified atom stereocenters. The van der Waals surface area contributed by atoms with Crippen molar-refractivity contribution < 1.29 is 0 Å². The highest BCUT2D eigenvalue weighted by atomic mass is 14.9. The first kappa shape index (κ1) is 12.2. The summed E-state index contributed by atoms with van der Waals surface area (Å²) < 4.78 is 0. The first-order chi connectivity index (χ1) is 9.86. The van der Waals surface area contributed by atoms with Gasteiger partial charge in [0.05, 0.1) is 0 Å². The molecule has 0 amide bonds. The Bertz CT molecular complexity index is 631. The normalized spacial score (nSPS) is 27.9. The summed E-state index contributed by atoms with van der Waals surface area (Å²) in [6, 6.07) is 18.5. The van der Waals surface area contributed by atoms with Gasteiger partial charge in [-0.15, -0.1) is 0 Å². The Labute approximate surface area is 121 Å². The average molecular weight is 263 g/mol. The Morgan fingerprint density at radius 2 is 1.60 bits per heavy atom. The van der Waals surface area contributed by atoms with E-state index in [4.69, 9.17) is 0 Å². The molecule has 3 atom stereocenters. The number of hydrogen-bond donors (Lipinski definition) is 1. The van der Waals surface area contributed by atoms with Gasteiger partial charge in [0.2, 0.25) is 0 Å². The van der Waals surface area contributed by atoms with Crippen molar-refractivity contribution in [1.82, 2.24) is 5.32 Å². The predicted molar refractivity (Wildman–Crippen MR) is 82.9 cm³/mol. The van der Waals surface area contributed by atoms with Crippen molar-refractivity contribution in [2.75, 3.05) is 6.54 Å². The zero-order valence-electron chi connectivity index (χ0n) is 12.0. The van der Waals surface area contributed by atoms with E-state index >= 15 is 0 Å². The van der Waals surface area contributed by atoms with Gasteiger partial charge in [0.1, 0.15) is 0 Å². The molecular formula is C19H21N. The second-order valence-electron chi connectivity index (χ2n) is 6.20. The third-order valence-corrected chi connectivity index (χ3v) is 5.12. The average Bonchev–Trinajstić information content (AvgIpc) is 2.83. The molecule has 0 radical (unpaired) electrons. The fraction of sp³-hybridized carbons (Fsp3) is 0.368. The smallest absolute Gasteiger partial charge is 0.0360 e. The van der Waals surface area contributed by atoms with Crippen LogP contribution in [0.3, 0.4) is 0 Å². The SMILES string of the molecule is Cc1ccccc1[C@H]1c2ccccc2[C@H]2NCCC[C@@H]12. The quantitative estimate of drug-likeness (QED) is 0.814. The fourth-order valence-corrected chi connectivity index (χ4v) is 4.25. The summed E-state index contributed by atoms with van der Waals surface area (Å²) in [4.78, 5) is 0. The van der Waals surface area contributed by atoms with Crippen molar-refractivity contribution in [3.8, 4) is 0 Å². The maximum Gasteiger partial charge on any atom is 0.0360 e. The van der Waals surface area contributed by atoms with E-state index in [1.807, 2.05) is 0 Å². The number of piperidine rings is 1. The molecule has 0 spiro atoms. The van der Waals surface area contributed by atoms with Gasteiger partial charge in [-0.2, -0.15) is 0 Å². The van der Waals surface area contributed by atoms with Crippen LogP contribution in [0.1, 0.15) is 47.1 Å². The van der Waals surface area contributed by atoms with Gasteiger partial charge in [-0.25, -0.2) is 0 Å². The number of aryl methyl sites for hydroxylation is 1. The van der Waals surface area contributed by atoms with Crippen molar-refractivity contribution in [1.29, 1.82) is 0 Å². The first-order valence-corrected chi connectivity index (χ1v) is 7.74. The van der Waals surface area contributed by atoms with Crippen LogP contribution in [0, 0.1) is 12.8 Å². The summed E-state index contributed by atoms with van der Waals surface area (Å²) in [5.74, 6) is 1.30. The minimum Gasteiger partial charge on any atom is -0.310 e. The van der Waals surface area contributed by atoms with Crippen LogP contribution in [0.5, 0.6) is 0 Å². The van der Waals surface area contributed by atoms with E-state index in [0.717, 1.165) is 12.5 Å². The van der Waals surface area contributed by atoms with Crippen LogP contribution in [0.15, 0.2) is 48.5 Å². The van der Waals surface area contributed by atoms with Gasteiger partial charge in [0.15, 0.2) is 0 Å². The van der Waals surface area contributed by atoms with E-state index in [1.165, 1.54) is 29.5 Å². The fourth-order valence-electron chi connectivity index (χ4n) is 4.25. The van der Waals surface area contributed by atoms with Crippen LogP contribution in [-0.4, -0.2) is 6.54 Å². The highest BCUT2D eigenvalue weighted by molar-refractivity contribution is 5.48. The first-order valence-electron chi connectivity index (χ1n) is 7.74.